The molecule has 8 nitrogen and oxygen atoms in total. The fourth-order valence-corrected chi connectivity index (χ4v) is 2.67. The van der Waals surface area contributed by atoms with Crippen molar-refractivity contribution in [3.8, 4) is 0 Å². The number of rotatable bonds is 12. The number of carbonyl (C=O) groups is 1. The van der Waals surface area contributed by atoms with Crippen LogP contribution >= 0.6 is 0 Å². The van der Waals surface area contributed by atoms with Gasteiger partial charge in [0.2, 0.25) is 0 Å². The number of guanidine groups is 1. The van der Waals surface area contributed by atoms with Crippen LogP contribution in [-0.4, -0.2) is 82.1 Å². The molecule has 0 radical (unpaired) electrons. The van der Waals surface area contributed by atoms with Crippen molar-refractivity contribution < 1.29 is 14.3 Å². The number of carbonyl (C=O) groups excluding carboxylic acids is 1. The maximum Gasteiger partial charge on any atom is 0.408 e. The second-order valence-corrected chi connectivity index (χ2v) is 8.12. The van der Waals surface area contributed by atoms with Gasteiger partial charge < -0.3 is 30.3 Å². The highest BCUT2D eigenvalue weighted by Crippen LogP contribution is 2.16. The first-order chi connectivity index (χ1) is 13.1. The zero-order valence-electron chi connectivity index (χ0n) is 19.3. The second kappa shape index (κ2) is 13.6. The summed E-state index contributed by atoms with van der Waals surface area (Å²) in [7, 11) is 5.57. The first-order valence-corrected chi connectivity index (χ1v) is 10.2. The monoisotopic (exact) mass is 401 g/mol. The minimum Gasteiger partial charge on any atom is -0.444 e. The van der Waals surface area contributed by atoms with Crippen LogP contribution in [0.15, 0.2) is 4.99 Å². The summed E-state index contributed by atoms with van der Waals surface area (Å²) < 4.78 is 10.5. The number of aliphatic imine (C=N–C) groups is 1. The van der Waals surface area contributed by atoms with Crippen LogP contribution in [0.25, 0.3) is 0 Å². The Kier molecular flexibility index (Phi) is 12.9. The first kappa shape index (κ1) is 26.5. The molecule has 3 N–H and O–H groups in total. The number of hydrogen-bond donors (Lipinski definition) is 3. The fraction of sp³-hybridized carbons (Fsp3) is 0.900. The van der Waals surface area contributed by atoms with Crippen molar-refractivity contribution in [2.45, 2.75) is 65.0 Å². The lowest BCUT2D eigenvalue weighted by atomic mass is 9.93. The average molecular weight is 402 g/mol. The summed E-state index contributed by atoms with van der Waals surface area (Å²) in [6, 6.07) is 0. The van der Waals surface area contributed by atoms with Crippen LogP contribution in [0.3, 0.4) is 0 Å². The Balaban J connectivity index is 4.51. The van der Waals surface area contributed by atoms with Crippen LogP contribution < -0.4 is 16.0 Å². The molecule has 0 rings (SSSR count). The molecule has 0 aliphatic rings. The minimum atomic E-state index is -0.516. The number of alkyl carbamates (subject to hydrolysis) is 1. The maximum absolute atomic E-state index is 12.2. The summed E-state index contributed by atoms with van der Waals surface area (Å²) in [5, 5.41) is 9.70. The molecule has 0 fully saturated rings. The molecule has 0 unspecified atom stereocenters. The van der Waals surface area contributed by atoms with Crippen LogP contribution in [0, 0.1) is 0 Å². The third kappa shape index (κ3) is 12.0. The van der Waals surface area contributed by atoms with Gasteiger partial charge in [-0.15, -0.1) is 0 Å². The Bertz CT molecular complexity index is 459. The quantitative estimate of drug-likeness (QED) is 0.264. The first-order valence-electron chi connectivity index (χ1n) is 10.2. The molecule has 0 spiro atoms. The molecule has 8 heteroatoms. The lowest BCUT2D eigenvalue weighted by Crippen LogP contribution is -2.57. The van der Waals surface area contributed by atoms with E-state index in [0.717, 1.165) is 51.5 Å². The van der Waals surface area contributed by atoms with Gasteiger partial charge in [-0.25, -0.2) is 4.79 Å². The normalized spacial score (nSPS) is 12.8. The highest BCUT2D eigenvalue weighted by atomic mass is 16.6. The lowest BCUT2D eigenvalue weighted by Gasteiger charge is -2.34. The van der Waals surface area contributed by atoms with Crippen LogP contribution in [0.5, 0.6) is 0 Å². The molecule has 1 amide bonds. The Morgan fingerprint density at radius 2 is 1.75 bits per heavy atom. The zero-order valence-corrected chi connectivity index (χ0v) is 19.3. The Morgan fingerprint density at radius 3 is 2.25 bits per heavy atom. The Morgan fingerprint density at radius 1 is 1.11 bits per heavy atom. The summed E-state index contributed by atoms with van der Waals surface area (Å²) >= 11 is 0. The Labute approximate surface area is 171 Å². The molecule has 0 aromatic carbocycles. The molecule has 166 valence electrons. The van der Waals surface area contributed by atoms with Crippen LogP contribution in [0.2, 0.25) is 0 Å². The van der Waals surface area contributed by atoms with E-state index in [-0.39, 0.29) is 0 Å². The van der Waals surface area contributed by atoms with Gasteiger partial charge in [0.1, 0.15) is 5.60 Å². The summed E-state index contributed by atoms with van der Waals surface area (Å²) in [4.78, 5) is 18.8. The number of methoxy groups -OCH3 is 1. The van der Waals surface area contributed by atoms with Gasteiger partial charge >= 0.3 is 6.09 Å². The van der Waals surface area contributed by atoms with E-state index in [1.54, 1.807) is 14.2 Å². The van der Waals surface area contributed by atoms with E-state index in [9.17, 15) is 4.79 Å². The van der Waals surface area contributed by atoms with E-state index in [1.165, 1.54) is 0 Å². The largest absolute Gasteiger partial charge is 0.444 e. The SMILES string of the molecule is CCC(CC)(CNC(=NC)NCCN(C)CCCOC)NC(=O)OC(C)(C)C. The molecule has 0 aliphatic carbocycles. The molecule has 0 saturated heterocycles. The smallest absolute Gasteiger partial charge is 0.408 e. The maximum atomic E-state index is 12.2. The standard InChI is InChI=1S/C20H43N5O3/c1-9-20(10-2,24-18(26)28-19(3,4)5)16-23-17(21-6)22-12-14-25(7)13-11-15-27-8/h9-16H2,1-8H3,(H,24,26)(H2,21,22,23). The third-order valence-corrected chi connectivity index (χ3v) is 4.61. The number of nitrogens with one attached hydrogen (secondary N) is 3. The molecule has 0 aromatic heterocycles. The molecule has 0 aromatic rings. The van der Waals surface area contributed by atoms with E-state index in [0.29, 0.717) is 6.54 Å². The Hall–Kier alpha value is -1.54. The van der Waals surface area contributed by atoms with Crippen molar-refractivity contribution in [2.75, 3.05) is 54.0 Å². The van der Waals surface area contributed by atoms with E-state index < -0.39 is 17.2 Å². The minimum absolute atomic E-state index is 0.390. The second-order valence-electron chi connectivity index (χ2n) is 8.12. The van der Waals surface area contributed by atoms with Gasteiger partial charge in [-0.3, -0.25) is 4.99 Å². The number of likely N-dealkylation sites (N-methyl/N-ethyl adjacent to an activating group) is 1. The highest BCUT2D eigenvalue weighted by Gasteiger charge is 2.30. The van der Waals surface area contributed by atoms with Crippen molar-refractivity contribution in [3.05, 3.63) is 0 Å². The fourth-order valence-electron chi connectivity index (χ4n) is 2.67. The van der Waals surface area contributed by atoms with E-state index in [4.69, 9.17) is 9.47 Å². The molecule has 0 saturated carbocycles. The summed E-state index contributed by atoms with van der Waals surface area (Å²) in [6.07, 6.45) is 2.20. The van der Waals surface area contributed by atoms with Crippen molar-refractivity contribution in [3.63, 3.8) is 0 Å². The van der Waals surface area contributed by atoms with Gasteiger partial charge in [0.25, 0.3) is 0 Å². The van der Waals surface area contributed by atoms with Crippen molar-refractivity contribution in [2.24, 2.45) is 4.99 Å². The van der Waals surface area contributed by atoms with Crippen LogP contribution in [0.1, 0.15) is 53.9 Å². The van der Waals surface area contributed by atoms with Crippen molar-refractivity contribution in [1.82, 2.24) is 20.9 Å². The molecule has 28 heavy (non-hydrogen) atoms. The van der Waals surface area contributed by atoms with Gasteiger partial charge in [0.15, 0.2) is 5.96 Å². The molecular formula is C20H43N5O3. The summed E-state index contributed by atoms with van der Waals surface area (Å²) in [6.45, 7) is 13.8. The van der Waals surface area contributed by atoms with Gasteiger partial charge in [0.05, 0.1) is 5.54 Å². The average Bonchev–Trinajstić information content (AvgIpc) is 2.62. The number of amides is 1. The van der Waals surface area contributed by atoms with E-state index in [2.05, 4.69) is 46.7 Å². The summed E-state index contributed by atoms with van der Waals surface area (Å²) in [5.74, 6) is 0.725. The van der Waals surface area contributed by atoms with Gasteiger partial charge in [-0.05, 0) is 47.1 Å². The zero-order chi connectivity index (χ0) is 21.6. The highest BCUT2D eigenvalue weighted by molar-refractivity contribution is 5.79. The van der Waals surface area contributed by atoms with E-state index in [1.807, 2.05) is 20.8 Å². The third-order valence-electron chi connectivity index (χ3n) is 4.61. The van der Waals surface area contributed by atoms with Crippen molar-refractivity contribution in [1.29, 1.82) is 0 Å². The number of hydrogen-bond acceptors (Lipinski definition) is 5. The van der Waals surface area contributed by atoms with E-state index >= 15 is 0 Å². The molecule has 0 heterocycles. The van der Waals surface area contributed by atoms with Crippen molar-refractivity contribution >= 4 is 12.1 Å². The van der Waals surface area contributed by atoms with Crippen LogP contribution in [-0.2, 0) is 9.47 Å². The number of nitrogens with zero attached hydrogens (tertiary/aromatic N) is 2. The summed E-state index contributed by atoms with van der Waals surface area (Å²) in [5.41, 5.74) is -0.908. The van der Waals surface area contributed by atoms with Gasteiger partial charge in [-0.2, -0.15) is 0 Å². The molecular weight excluding hydrogens is 358 g/mol. The molecule has 0 bridgehead atoms. The predicted molar refractivity (Wildman–Crippen MR) is 116 cm³/mol. The molecule has 0 aliphatic heterocycles. The lowest BCUT2D eigenvalue weighted by molar-refractivity contribution is 0.0448. The number of ether oxygens (including phenoxy) is 2. The van der Waals surface area contributed by atoms with Gasteiger partial charge in [0, 0.05) is 46.9 Å². The topological polar surface area (TPSA) is 87.2 Å². The predicted octanol–water partition coefficient (Wildman–Crippen LogP) is 2.20. The van der Waals surface area contributed by atoms with Crippen LogP contribution in [0.4, 0.5) is 4.79 Å². The van der Waals surface area contributed by atoms with Gasteiger partial charge in [-0.1, -0.05) is 13.8 Å². The molecule has 0 atom stereocenters.